The predicted octanol–water partition coefficient (Wildman–Crippen LogP) is 4.21. The van der Waals surface area contributed by atoms with Crippen LogP contribution in [-0.4, -0.2) is 0 Å². The van der Waals surface area contributed by atoms with Crippen molar-refractivity contribution in [2.24, 2.45) is 5.41 Å². The molecule has 0 unspecified atom stereocenters. The lowest BCUT2D eigenvalue weighted by molar-refractivity contribution is 0.544. The van der Waals surface area contributed by atoms with E-state index < -0.39 is 0 Å². The number of para-hydroxylation sites is 1. The molecule has 0 fully saturated rings. The highest BCUT2D eigenvalue weighted by Crippen LogP contribution is 2.16. The molecule has 0 saturated carbocycles. The summed E-state index contributed by atoms with van der Waals surface area (Å²) in [5, 5.41) is 3.23. The zero-order valence-electron chi connectivity index (χ0n) is 9.75. The van der Waals surface area contributed by atoms with Crippen molar-refractivity contribution >= 4 is 5.69 Å². The van der Waals surface area contributed by atoms with Crippen LogP contribution in [0.15, 0.2) is 54.8 Å². The molecule has 15 heavy (non-hydrogen) atoms. The first-order valence-corrected chi connectivity index (χ1v) is 5.17. The molecule has 1 aromatic carbocycles. The minimum Gasteiger partial charge on any atom is -0.356 e. The van der Waals surface area contributed by atoms with E-state index in [1.54, 1.807) is 0 Å². The van der Waals surface area contributed by atoms with Gasteiger partial charge in [-0.1, -0.05) is 51.6 Å². The second-order valence-electron chi connectivity index (χ2n) is 4.72. The van der Waals surface area contributed by atoms with E-state index in [-0.39, 0.29) is 5.41 Å². The normalized spacial score (nSPS) is 11.7. The number of nitrogens with one attached hydrogen (secondary N) is 1. The molecule has 80 valence electrons. The Morgan fingerprint density at radius 1 is 1.20 bits per heavy atom. The van der Waals surface area contributed by atoms with Gasteiger partial charge in [0.15, 0.2) is 0 Å². The molecule has 1 heteroatoms. The molecular formula is C14H19N. The van der Waals surface area contributed by atoms with E-state index >= 15 is 0 Å². The summed E-state index contributed by atoms with van der Waals surface area (Å²) in [6, 6.07) is 10.1. The Hall–Kier alpha value is -1.50. The molecule has 1 N–H and O–H groups in total. The molecule has 1 rings (SSSR count). The van der Waals surface area contributed by atoms with E-state index in [0.29, 0.717) is 0 Å². The highest BCUT2D eigenvalue weighted by atomic mass is 14.9. The van der Waals surface area contributed by atoms with Gasteiger partial charge in [0.2, 0.25) is 0 Å². The Bertz CT molecular complexity index is 341. The van der Waals surface area contributed by atoms with Crippen LogP contribution in [-0.2, 0) is 0 Å². The summed E-state index contributed by atoms with van der Waals surface area (Å²) in [4.78, 5) is 0. The fourth-order valence-corrected chi connectivity index (χ4v) is 1.10. The monoisotopic (exact) mass is 201 g/mol. The fraction of sp³-hybridized carbons (Fsp3) is 0.286. The first kappa shape index (κ1) is 11.6. The second-order valence-corrected chi connectivity index (χ2v) is 4.72. The summed E-state index contributed by atoms with van der Waals surface area (Å²) < 4.78 is 0. The van der Waals surface area contributed by atoms with Crippen molar-refractivity contribution in [1.29, 1.82) is 0 Å². The van der Waals surface area contributed by atoms with Crippen LogP contribution >= 0.6 is 0 Å². The first-order chi connectivity index (χ1) is 6.97. The maximum atomic E-state index is 3.96. The van der Waals surface area contributed by atoms with Gasteiger partial charge in [-0.2, -0.15) is 0 Å². The van der Waals surface area contributed by atoms with Crippen LogP contribution in [0, 0.1) is 5.41 Å². The van der Waals surface area contributed by atoms with E-state index in [0.717, 1.165) is 11.4 Å². The molecule has 1 aromatic rings. The molecule has 0 spiro atoms. The molecule has 0 heterocycles. The maximum Gasteiger partial charge on any atom is 0.0384 e. The average Bonchev–Trinajstić information content (AvgIpc) is 2.15. The molecule has 0 saturated heterocycles. The van der Waals surface area contributed by atoms with Gasteiger partial charge in [-0.25, -0.2) is 0 Å². The Morgan fingerprint density at radius 2 is 1.80 bits per heavy atom. The van der Waals surface area contributed by atoms with Crippen molar-refractivity contribution in [3.05, 3.63) is 54.8 Å². The summed E-state index contributed by atoms with van der Waals surface area (Å²) in [7, 11) is 0. The average molecular weight is 201 g/mol. The molecular weight excluding hydrogens is 182 g/mol. The zero-order valence-corrected chi connectivity index (χ0v) is 9.75. The molecule has 0 aliphatic carbocycles. The Morgan fingerprint density at radius 3 is 2.33 bits per heavy atom. The molecule has 0 aliphatic heterocycles. The van der Waals surface area contributed by atoms with Gasteiger partial charge in [0, 0.05) is 11.4 Å². The van der Waals surface area contributed by atoms with Crippen molar-refractivity contribution in [2.45, 2.75) is 20.8 Å². The van der Waals surface area contributed by atoms with Crippen molar-refractivity contribution in [3.63, 3.8) is 0 Å². The third kappa shape index (κ3) is 5.06. The smallest absolute Gasteiger partial charge is 0.0384 e. The van der Waals surface area contributed by atoms with Gasteiger partial charge < -0.3 is 5.32 Å². The maximum absolute atomic E-state index is 3.96. The lowest BCUT2D eigenvalue weighted by atomic mass is 9.96. The predicted molar refractivity (Wildman–Crippen MR) is 67.8 cm³/mol. The van der Waals surface area contributed by atoms with Crippen molar-refractivity contribution in [1.82, 2.24) is 0 Å². The quantitative estimate of drug-likeness (QED) is 0.722. The molecule has 0 aromatic heterocycles. The number of hydrogen-bond donors (Lipinski definition) is 1. The summed E-state index contributed by atoms with van der Waals surface area (Å²) in [5.41, 5.74) is 2.18. The standard InChI is InChI=1S/C14H19N/c1-12(10-11-14(2,3)4)15-13-8-6-5-7-9-13/h5-11,15H,1H2,2-4H3/b11-10-. The van der Waals surface area contributed by atoms with Gasteiger partial charge in [-0.3, -0.25) is 0 Å². The Labute approximate surface area is 92.5 Å². The van der Waals surface area contributed by atoms with Gasteiger partial charge in [0.05, 0.1) is 0 Å². The van der Waals surface area contributed by atoms with Crippen molar-refractivity contribution in [3.8, 4) is 0 Å². The van der Waals surface area contributed by atoms with Crippen LogP contribution in [0.25, 0.3) is 0 Å². The van der Waals surface area contributed by atoms with Gasteiger partial charge >= 0.3 is 0 Å². The van der Waals surface area contributed by atoms with Crippen molar-refractivity contribution in [2.75, 3.05) is 5.32 Å². The highest BCUT2D eigenvalue weighted by Gasteiger charge is 2.03. The number of anilines is 1. The summed E-state index contributed by atoms with van der Waals surface area (Å²) in [6.07, 6.45) is 4.16. The molecule has 0 amide bonds. The van der Waals surface area contributed by atoms with Crippen LogP contribution < -0.4 is 5.32 Å². The van der Waals surface area contributed by atoms with Gasteiger partial charge in [-0.05, 0) is 23.6 Å². The van der Waals surface area contributed by atoms with E-state index in [2.05, 4.69) is 38.7 Å². The minimum absolute atomic E-state index is 0.196. The summed E-state index contributed by atoms with van der Waals surface area (Å²) >= 11 is 0. The van der Waals surface area contributed by atoms with Gasteiger partial charge in [0.1, 0.15) is 0 Å². The van der Waals surface area contributed by atoms with E-state index in [1.807, 2.05) is 36.4 Å². The summed E-state index contributed by atoms with van der Waals surface area (Å²) in [6.45, 7) is 10.5. The molecule has 0 bridgehead atoms. The van der Waals surface area contributed by atoms with Gasteiger partial charge in [0.25, 0.3) is 0 Å². The molecule has 0 radical (unpaired) electrons. The van der Waals surface area contributed by atoms with E-state index in [4.69, 9.17) is 0 Å². The lowest BCUT2D eigenvalue weighted by Gasteiger charge is -2.12. The van der Waals surface area contributed by atoms with Crippen LogP contribution in [0.4, 0.5) is 5.69 Å². The number of allylic oxidation sites excluding steroid dienone is 2. The van der Waals surface area contributed by atoms with Crippen LogP contribution in [0.2, 0.25) is 0 Å². The SMILES string of the molecule is C=C(/C=C\C(C)(C)C)Nc1ccccc1. The summed E-state index contributed by atoms with van der Waals surface area (Å²) in [5.74, 6) is 0. The topological polar surface area (TPSA) is 12.0 Å². The highest BCUT2D eigenvalue weighted by molar-refractivity contribution is 5.49. The number of rotatable bonds is 3. The fourth-order valence-electron chi connectivity index (χ4n) is 1.10. The largest absolute Gasteiger partial charge is 0.356 e. The van der Waals surface area contributed by atoms with E-state index in [9.17, 15) is 0 Å². The zero-order chi connectivity index (χ0) is 11.3. The lowest BCUT2D eigenvalue weighted by Crippen LogP contribution is -2.01. The van der Waals surface area contributed by atoms with Crippen LogP contribution in [0.5, 0.6) is 0 Å². The first-order valence-electron chi connectivity index (χ1n) is 5.17. The number of benzene rings is 1. The molecule has 0 aliphatic rings. The van der Waals surface area contributed by atoms with Crippen LogP contribution in [0.1, 0.15) is 20.8 Å². The molecule has 1 nitrogen and oxygen atoms in total. The molecule has 0 atom stereocenters. The van der Waals surface area contributed by atoms with Crippen LogP contribution in [0.3, 0.4) is 0 Å². The Kier molecular flexibility index (Phi) is 3.73. The third-order valence-corrected chi connectivity index (χ3v) is 1.86. The van der Waals surface area contributed by atoms with E-state index in [1.165, 1.54) is 0 Å². The Balaban J connectivity index is 2.55. The number of hydrogen-bond acceptors (Lipinski definition) is 1. The van der Waals surface area contributed by atoms with Crippen molar-refractivity contribution < 1.29 is 0 Å². The minimum atomic E-state index is 0.196. The van der Waals surface area contributed by atoms with Gasteiger partial charge in [-0.15, -0.1) is 0 Å². The third-order valence-electron chi connectivity index (χ3n) is 1.86. The second kappa shape index (κ2) is 4.83.